The summed E-state index contributed by atoms with van der Waals surface area (Å²) in [6.07, 6.45) is 3.19. The average molecular weight is 226 g/mol. The third kappa shape index (κ3) is 3.74. The van der Waals surface area contributed by atoms with Gasteiger partial charge in [0.1, 0.15) is 11.6 Å². The Morgan fingerprint density at radius 3 is 2.50 bits per heavy atom. The SMILES string of the molecule is C=CCCCC(O)Cc1c(F)cccc1F. The Kier molecular flexibility index (Phi) is 5.12. The van der Waals surface area contributed by atoms with E-state index in [0.29, 0.717) is 6.42 Å². The topological polar surface area (TPSA) is 20.2 Å². The van der Waals surface area contributed by atoms with Gasteiger partial charge in [0.05, 0.1) is 6.10 Å². The van der Waals surface area contributed by atoms with Crippen LogP contribution in [0.3, 0.4) is 0 Å². The van der Waals surface area contributed by atoms with E-state index < -0.39 is 17.7 Å². The molecule has 1 aromatic carbocycles. The van der Waals surface area contributed by atoms with Crippen LogP contribution in [-0.4, -0.2) is 11.2 Å². The quantitative estimate of drug-likeness (QED) is 0.583. The van der Waals surface area contributed by atoms with E-state index in [4.69, 9.17) is 0 Å². The molecule has 0 saturated heterocycles. The monoisotopic (exact) mass is 226 g/mol. The van der Waals surface area contributed by atoms with Crippen LogP contribution < -0.4 is 0 Å². The Morgan fingerprint density at radius 1 is 1.31 bits per heavy atom. The Morgan fingerprint density at radius 2 is 1.94 bits per heavy atom. The number of hydrogen-bond donors (Lipinski definition) is 1. The smallest absolute Gasteiger partial charge is 0.129 e. The lowest BCUT2D eigenvalue weighted by molar-refractivity contribution is 0.160. The molecule has 1 nitrogen and oxygen atoms in total. The largest absolute Gasteiger partial charge is 0.393 e. The van der Waals surface area contributed by atoms with Crippen LogP contribution in [0.2, 0.25) is 0 Å². The fourth-order valence-electron chi connectivity index (χ4n) is 1.56. The van der Waals surface area contributed by atoms with Crippen LogP contribution in [0, 0.1) is 11.6 Å². The minimum absolute atomic E-state index is 0.0235. The molecule has 0 aliphatic rings. The lowest BCUT2D eigenvalue weighted by Crippen LogP contribution is -2.12. The number of halogens is 2. The van der Waals surface area contributed by atoms with Crippen molar-refractivity contribution < 1.29 is 13.9 Å². The van der Waals surface area contributed by atoms with Gasteiger partial charge in [-0.15, -0.1) is 6.58 Å². The van der Waals surface area contributed by atoms with E-state index in [9.17, 15) is 13.9 Å². The minimum atomic E-state index is -0.702. The van der Waals surface area contributed by atoms with Crippen LogP contribution in [0.5, 0.6) is 0 Å². The van der Waals surface area contributed by atoms with Crippen molar-refractivity contribution in [3.63, 3.8) is 0 Å². The summed E-state index contributed by atoms with van der Waals surface area (Å²) in [5.41, 5.74) is -0.0337. The van der Waals surface area contributed by atoms with Gasteiger partial charge in [-0.25, -0.2) is 8.78 Å². The second-order valence-corrected chi connectivity index (χ2v) is 3.78. The van der Waals surface area contributed by atoms with Gasteiger partial charge in [0.2, 0.25) is 0 Å². The molecule has 0 aromatic heterocycles. The van der Waals surface area contributed by atoms with Gasteiger partial charge >= 0.3 is 0 Å². The summed E-state index contributed by atoms with van der Waals surface area (Å²) in [5.74, 6) is -1.19. The predicted octanol–water partition coefficient (Wildman–Crippen LogP) is 3.22. The first kappa shape index (κ1) is 12.8. The van der Waals surface area contributed by atoms with Crippen molar-refractivity contribution in [3.05, 3.63) is 48.1 Å². The first-order valence-corrected chi connectivity index (χ1v) is 5.37. The van der Waals surface area contributed by atoms with Crippen molar-refractivity contribution >= 4 is 0 Å². The third-order valence-corrected chi connectivity index (χ3v) is 2.45. The highest BCUT2D eigenvalue weighted by atomic mass is 19.1. The van der Waals surface area contributed by atoms with E-state index in [-0.39, 0.29) is 12.0 Å². The molecule has 88 valence electrons. The standard InChI is InChI=1S/C13H16F2O/c1-2-3-4-6-10(16)9-11-12(14)7-5-8-13(11)15/h2,5,7-8,10,16H,1,3-4,6,9H2. The number of aliphatic hydroxyl groups excluding tert-OH is 1. The van der Waals surface area contributed by atoms with Gasteiger partial charge < -0.3 is 5.11 Å². The van der Waals surface area contributed by atoms with Crippen LogP contribution in [-0.2, 0) is 6.42 Å². The second-order valence-electron chi connectivity index (χ2n) is 3.78. The Balaban J connectivity index is 2.55. The van der Waals surface area contributed by atoms with Crippen molar-refractivity contribution in [1.82, 2.24) is 0 Å². The first-order valence-electron chi connectivity index (χ1n) is 5.37. The van der Waals surface area contributed by atoms with Crippen LogP contribution in [0.1, 0.15) is 24.8 Å². The fraction of sp³-hybridized carbons (Fsp3) is 0.385. The summed E-state index contributed by atoms with van der Waals surface area (Å²) in [6.45, 7) is 3.57. The van der Waals surface area contributed by atoms with Gasteiger partial charge in [-0.05, 0) is 31.4 Å². The summed E-state index contributed by atoms with van der Waals surface area (Å²) < 4.78 is 26.5. The van der Waals surface area contributed by atoms with E-state index in [1.165, 1.54) is 18.2 Å². The van der Waals surface area contributed by atoms with Crippen molar-refractivity contribution in [2.24, 2.45) is 0 Å². The van der Waals surface area contributed by atoms with Crippen molar-refractivity contribution in [2.75, 3.05) is 0 Å². The summed E-state index contributed by atoms with van der Waals surface area (Å²) in [4.78, 5) is 0. The van der Waals surface area contributed by atoms with Crippen molar-refractivity contribution in [2.45, 2.75) is 31.8 Å². The van der Waals surface area contributed by atoms with Crippen LogP contribution >= 0.6 is 0 Å². The average Bonchev–Trinajstić information content (AvgIpc) is 2.24. The van der Waals surface area contributed by atoms with Crippen LogP contribution in [0.25, 0.3) is 0 Å². The number of hydrogen-bond acceptors (Lipinski definition) is 1. The maximum atomic E-state index is 13.2. The van der Waals surface area contributed by atoms with Gasteiger partial charge in [0.25, 0.3) is 0 Å². The number of rotatable bonds is 6. The molecule has 0 radical (unpaired) electrons. The molecule has 3 heteroatoms. The highest BCUT2D eigenvalue weighted by Gasteiger charge is 2.13. The number of allylic oxidation sites excluding steroid dienone is 1. The van der Waals surface area contributed by atoms with Gasteiger partial charge in [0, 0.05) is 12.0 Å². The predicted molar refractivity (Wildman–Crippen MR) is 60.1 cm³/mol. The Labute approximate surface area is 94.4 Å². The molecule has 0 heterocycles. The molecule has 0 fully saturated rings. The normalized spacial score (nSPS) is 12.4. The zero-order valence-corrected chi connectivity index (χ0v) is 9.13. The maximum Gasteiger partial charge on any atom is 0.129 e. The molecule has 1 unspecified atom stereocenters. The minimum Gasteiger partial charge on any atom is -0.393 e. The molecule has 0 aliphatic heterocycles. The lowest BCUT2D eigenvalue weighted by Gasteiger charge is -2.11. The molecule has 1 N–H and O–H groups in total. The van der Waals surface area contributed by atoms with Crippen molar-refractivity contribution in [1.29, 1.82) is 0 Å². The Hall–Kier alpha value is -1.22. The first-order chi connectivity index (χ1) is 7.65. The zero-order chi connectivity index (χ0) is 12.0. The van der Waals surface area contributed by atoms with Gasteiger partial charge in [0.15, 0.2) is 0 Å². The molecule has 1 aromatic rings. The summed E-state index contributed by atoms with van der Waals surface area (Å²) >= 11 is 0. The molecule has 1 atom stereocenters. The Bertz CT molecular complexity index is 330. The molecule has 0 amide bonds. The van der Waals surface area contributed by atoms with Crippen LogP contribution in [0.4, 0.5) is 8.78 Å². The third-order valence-electron chi connectivity index (χ3n) is 2.45. The highest BCUT2D eigenvalue weighted by Crippen LogP contribution is 2.16. The van der Waals surface area contributed by atoms with Gasteiger partial charge in [-0.3, -0.25) is 0 Å². The van der Waals surface area contributed by atoms with E-state index in [1.54, 1.807) is 6.08 Å². The molecule has 0 saturated carbocycles. The summed E-state index contributed by atoms with van der Waals surface area (Å²) in [5, 5.41) is 9.61. The summed E-state index contributed by atoms with van der Waals surface area (Å²) in [6, 6.07) is 3.72. The number of unbranched alkanes of at least 4 members (excludes halogenated alkanes) is 1. The van der Waals surface area contributed by atoms with E-state index in [1.807, 2.05) is 0 Å². The van der Waals surface area contributed by atoms with Gasteiger partial charge in [-0.2, -0.15) is 0 Å². The van der Waals surface area contributed by atoms with E-state index in [2.05, 4.69) is 6.58 Å². The van der Waals surface area contributed by atoms with Crippen LogP contribution in [0.15, 0.2) is 30.9 Å². The fourth-order valence-corrected chi connectivity index (χ4v) is 1.56. The molecule has 1 rings (SSSR count). The molecule has 0 spiro atoms. The summed E-state index contributed by atoms with van der Waals surface area (Å²) in [7, 11) is 0. The van der Waals surface area contributed by atoms with Gasteiger partial charge in [-0.1, -0.05) is 12.1 Å². The maximum absolute atomic E-state index is 13.2. The molecular weight excluding hydrogens is 210 g/mol. The number of benzene rings is 1. The molecular formula is C13H16F2O. The zero-order valence-electron chi connectivity index (χ0n) is 9.13. The highest BCUT2D eigenvalue weighted by molar-refractivity contribution is 5.20. The molecule has 0 bridgehead atoms. The van der Waals surface area contributed by atoms with Crippen molar-refractivity contribution in [3.8, 4) is 0 Å². The molecule has 16 heavy (non-hydrogen) atoms. The van der Waals surface area contributed by atoms with E-state index >= 15 is 0 Å². The van der Waals surface area contributed by atoms with E-state index in [0.717, 1.165) is 12.8 Å². The number of aliphatic hydroxyl groups is 1. The molecule has 0 aliphatic carbocycles. The second kappa shape index (κ2) is 6.38. The lowest BCUT2D eigenvalue weighted by atomic mass is 10.0.